The van der Waals surface area contributed by atoms with Crippen LogP contribution >= 0.6 is 11.8 Å². The minimum Gasteiger partial charge on any atom is -0.493 e. The molecular formula is C23H27N3O4S. The highest BCUT2D eigenvalue weighted by Crippen LogP contribution is 2.30. The van der Waals surface area contributed by atoms with Crippen molar-refractivity contribution in [1.29, 1.82) is 0 Å². The highest BCUT2D eigenvalue weighted by molar-refractivity contribution is 7.98. The first-order valence-corrected chi connectivity index (χ1v) is 11.8. The first-order chi connectivity index (χ1) is 15.1. The molecule has 0 radical (unpaired) electrons. The summed E-state index contributed by atoms with van der Waals surface area (Å²) in [6, 6.07) is 9.30. The number of nitrogens with zero attached hydrogens (tertiary/aromatic N) is 1. The van der Waals surface area contributed by atoms with Crippen molar-refractivity contribution in [3.05, 3.63) is 52.7 Å². The summed E-state index contributed by atoms with van der Waals surface area (Å²) in [5.41, 5.74) is 4.14. The number of carbonyl (C=O) groups excluding carboxylic acids is 1. The Bertz CT molecular complexity index is 966. The monoisotopic (exact) mass is 441 g/mol. The molecule has 1 amide bonds. The number of nitrogens with one attached hydrogen (secondary N) is 2. The van der Waals surface area contributed by atoms with E-state index in [0.717, 1.165) is 59.9 Å². The summed E-state index contributed by atoms with van der Waals surface area (Å²) in [6.07, 6.45) is 3.23. The third-order valence-corrected chi connectivity index (χ3v) is 6.50. The van der Waals surface area contributed by atoms with E-state index in [0.29, 0.717) is 18.8 Å². The molecule has 1 aromatic carbocycles. The minimum absolute atomic E-state index is 0.153. The highest BCUT2D eigenvalue weighted by atomic mass is 32.2. The lowest BCUT2D eigenvalue weighted by Gasteiger charge is -2.18. The van der Waals surface area contributed by atoms with Gasteiger partial charge in [0, 0.05) is 30.9 Å². The summed E-state index contributed by atoms with van der Waals surface area (Å²) in [4.78, 5) is 28.5. The zero-order chi connectivity index (χ0) is 21.6. The predicted octanol–water partition coefficient (Wildman–Crippen LogP) is 3.33. The van der Waals surface area contributed by atoms with Crippen molar-refractivity contribution in [3.63, 3.8) is 0 Å². The third-order valence-electron chi connectivity index (χ3n) is 5.51. The molecule has 0 saturated carbocycles. The molecule has 2 aliphatic heterocycles. The van der Waals surface area contributed by atoms with E-state index in [-0.39, 0.29) is 12.3 Å². The van der Waals surface area contributed by atoms with Crippen LogP contribution in [0.1, 0.15) is 47.7 Å². The standard InChI is InChI=1S/C23H27N3O4S/c27-21(8-11-31-14-18-6-5-16-2-1-9-24-23(16)25-18)26-19(13-22(28)29)17-4-3-15-7-10-30-20(15)12-17/h3-6,12,19H,1-2,7-11,13-14H2,(H,24,25)(H,26,27)(H,28,29)/t19-/m0/s1. The van der Waals surface area contributed by atoms with Crippen LogP contribution in [-0.4, -0.2) is 40.9 Å². The van der Waals surface area contributed by atoms with Gasteiger partial charge in [-0.3, -0.25) is 9.59 Å². The molecule has 0 saturated heterocycles. The fourth-order valence-electron chi connectivity index (χ4n) is 3.88. The SMILES string of the molecule is O=C(O)C[C@H](NC(=O)CCSCc1ccc2c(n1)NCCC2)c1ccc2c(c1)OCC2. The fraction of sp³-hybridized carbons (Fsp3) is 0.435. The van der Waals surface area contributed by atoms with Gasteiger partial charge < -0.3 is 20.5 Å². The number of fused-ring (bicyclic) bond motifs is 2. The molecule has 2 aromatic rings. The number of thioether (sulfide) groups is 1. The molecule has 8 heteroatoms. The van der Waals surface area contributed by atoms with Crippen LogP contribution in [0.4, 0.5) is 5.82 Å². The van der Waals surface area contributed by atoms with Crippen molar-refractivity contribution in [1.82, 2.24) is 10.3 Å². The smallest absolute Gasteiger partial charge is 0.305 e. The van der Waals surface area contributed by atoms with Gasteiger partial charge in [0.2, 0.25) is 5.91 Å². The number of pyridine rings is 1. The molecule has 0 fully saturated rings. The summed E-state index contributed by atoms with van der Waals surface area (Å²) in [5.74, 6) is 2.05. The number of anilines is 1. The topological polar surface area (TPSA) is 101 Å². The number of carbonyl (C=O) groups is 2. The molecule has 0 unspecified atom stereocenters. The molecule has 7 nitrogen and oxygen atoms in total. The number of rotatable bonds is 9. The van der Waals surface area contributed by atoms with Crippen LogP contribution in [-0.2, 0) is 28.2 Å². The third kappa shape index (κ3) is 5.70. The lowest BCUT2D eigenvalue weighted by Crippen LogP contribution is -2.30. The van der Waals surface area contributed by atoms with Crippen LogP contribution in [0.3, 0.4) is 0 Å². The number of aryl methyl sites for hydroxylation is 1. The van der Waals surface area contributed by atoms with Gasteiger partial charge >= 0.3 is 5.97 Å². The normalized spacial score (nSPS) is 15.2. The Labute approximate surface area is 186 Å². The van der Waals surface area contributed by atoms with E-state index in [1.807, 2.05) is 18.2 Å². The number of ether oxygens (including phenoxy) is 1. The molecule has 1 aromatic heterocycles. The van der Waals surface area contributed by atoms with Crippen molar-refractivity contribution >= 4 is 29.5 Å². The van der Waals surface area contributed by atoms with Gasteiger partial charge in [-0.25, -0.2) is 4.98 Å². The number of carboxylic acids is 1. The van der Waals surface area contributed by atoms with Crippen molar-refractivity contribution in [2.24, 2.45) is 0 Å². The Kier molecular flexibility index (Phi) is 6.96. The van der Waals surface area contributed by atoms with E-state index >= 15 is 0 Å². The number of benzene rings is 1. The van der Waals surface area contributed by atoms with Crippen LogP contribution in [0.5, 0.6) is 5.75 Å². The van der Waals surface area contributed by atoms with Crippen LogP contribution in [0, 0.1) is 0 Å². The van der Waals surface area contributed by atoms with Crippen LogP contribution < -0.4 is 15.4 Å². The van der Waals surface area contributed by atoms with Crippen LogP contribution in [0.2, 0.25) is 0 Å². The second-order valence-electron chi connectivity index (χ2n) is 7.83. The Morgan fingerprint density at radius 2 is 2.10 bits per heavy atom. The van der Waals surface area contributed by atoms with E-state index in [4.69, 9.17) is 4.74 Å². The zero-order valence-corrected chi connectivity index (χ0v) is 18.2. The Hall–Kier alpha value is -2.74. The molecule has 164 valence electrons. The minimum atomic E-state index is -0.951. The van der Waals surface area contributed by atoms with Gasteiger partial charge in [-0.05, 0) is 41.7 Å². The van der Waals surface area contributed by atoms with Crippen molar-refractivity contribution in [3.8, 4) is 5.75 Å². The van der Waals surface area contributed by atoms with Gasteiger partial charge in [0.15, 0.2) is 0 Å². The molecule has 2 aliphatic rings. The quantitative estimate of drug-likeness (QED) is 0.513. The maximum Gasteiger partial charge on any atom is 0.305 e. The van der Waals surface area contributed by atoms with Crippen molar-refractivity contribution in [2.75, 3.05) is 24.2 Å². The van der Waals surface area contributed by atoms with E-state index in [1.54, 1.807) is 11.8 Å². The van der Waals surface area contributed by atoms with E-state index in [9.17, 15) is 14.7 Å². The van der Waals surface area contributed by atoms with Gasteiger partial charge in [-0.2, -0.15) is 11.8 Å². The molecule has 3 heterocycles. The van der Waals surface area contributed by atoms with Crippen LogP contribution in [0.15, 0.2) is 30.3 Å². The number of aliphatic carboxylic acids is 1. The highest BCUT2D eigenvalue weighted by Gasteiger charge is 2.21. The molecule has 0 aliphatic carbocycles. The second-order valence-corrected chi connectivity index (χ2v) is 8.93. The van der Waals surface area contributed by atoms with Gasteiger partial charge in [0.25, 0.3) is 0 Å². The van der Waals surface area contributed by atoms with Crippen LogP contribution in [0.25, 0.3) is 0 Å². The van der Waals surface area contributed by atoms with Crippen molar-refractivity contribution < 1.29 is 19.4 Å². The lowest BCUT2D eigenvalue weighted by molar-refractivity contribution is -0.137. The fourth-order valence-corrected chi connectivity index (χ4v) is 4.73. The number of aromatic nitrogens is 1. The maximum atomic E-state index is 12.5. The molecule has 1 atom stereocenters. The average molecular weight is 442 g/mol. The van der Waals surface area contributed by atoms with Gasteiger partial charge in [-0.1, -0.05) is 18.2 Å². The lowest BCUT2D eigenvalue weighted by atomic mass is 10.0. The van der Waals surface area contributed by atoms with Crippen molar-refractivity contribution in [2.45, 2.75) is 43.9 Å². The number of amides is 1. The summed E-state index contributed by atoms with van der Waals surface area (Å²) >= 11 is 1.65. The molecule has 0 bridgehead atoms. The average Bonchev–Trinajstić information content (AvgIpc) is 3.24. The van der Waals surface area contributed by atoms with Gasteiger partial charge in [0.1, 0.15) is 11.6 Å². The summed E-state index contributed by atoms with van der Waals surface area (Å²) in [7, 11) is 0. The Morgan fingerprint density at radius 3 is 2.97 bits per heavy atom. The summed E-state index contributed by atoms with van der Waals surface area (Å²) < 4.78 is 5.58. The molecular weight excluding hydrogens is 414 g/mol. The summed E-state index contributed by atoms with van der Waals surface area (Å²) in [6.45, 7) is 1.60. The van der Waals surface area contributed by atoms with E-state index < -0.39 is 12.0 Å². The maximum absolute atomic E-state index is 12.5. The first-order valence-electron chi connectivity index (χ1n) is 10.7. The predicted molar refractivity (Wildman–Crippen MR) is 121 cm³/mol. The van der Waals surface area contributed by atoms with E-state index in [2.05, 4.69) is 27.8 Å². The Balaban J connectivity index is 1.27. The molecule has 0 spiro atoms. The number of hydrogen-bond acceptors (Lipinski definition) is 6. The molecule has 3 N–H and O–H groups in total. The van der Waals surface area contributed by atoms with Gasteiger partial charge in [0.05, 0.1) is 24.8 Å². The molecule has 4 rings (SSSR count). The zero-order valence-electron chi connectivity index (χ0n) is 17.4. The number of hydrogen-bond donors (Lipinski definition) is 3. The van der Waals surface area contributed by atoms with E-state index in [1.165, 1.54) is 5.56 Å². The van der Waals surface area contributed by atoms with Gasteiger partial charge in [-0.15, -0.1) is 0 Å². The first kappa shape index (κ1) is 21.5. The Morgan fingerprint density at radius 1 is 1.23 bits per heavy atom. The summed E-state index contributed by atoms with van der Waals surface area (Å²) in [5, 5.41) is 15.5. The number of carboxylic acid groups (broad SMARTS) is 1. The largest absolute Gasteiger partial charge is 0.493 e. The second kappa shape index (κ2) is 10.0. The molecule has 31 heavy (non-hydrogen) atoms.